The minimum absolute atomic E-state index is 0.0126. The fourth-order valence-electron chi connectivity index (χ4n) is 3.97. The predicted molar refractivity (Wildman–Crippen MR) is 102 cm³/mol. The van der Waals surface area contributed by atoms with Gasteiger partial charge in [-0.1, -0.05) is 0 Å². The minimum Gasteiger partial charge on any atom is -0.477 e. The van der Waals surface area contributed by atoms with Gasteiger partial charge in [0.05, 0.1) is 22.3 Å². The number of halogens is 1. The van der Waals surface area contributed by atoms with Crippen molar-refractivity contribution in [3.8, 4) is 0 Å². The van der Waals surface area contributed by atoms with E-state index in [2.05, 4.69) is 0 Å². The summed E-state index contributed by atoms with van der Waals surface area (Å²) in [6.45, 7) is 3.23. The summed E-state index contributed by atoms with van der Waals surface area (Å²) < 4.78 is 16.8. The molecule has 5 N–H and O–H groups in total. The molecule has 0 unspecified atom stereocenters. The molecule has 0 bridgehead atoms. The van der Waals surface area contributed by atoms with Crippen molar-refractivity contribution in [3.05, 3.63) is 33.9 Å². The Hall–Kier alpha value is -2.61. The number of benzene rings is 1. The fraction of sp³-hybridized carbons (Fsp3) is 0.474. The highest BCUT2D eigenvalue weighted by Gasteiger charge is 2.31. The highest BCUT2D eigenvalue weighted by Crippen LogP contribution is 2.40. The summed E-state index contributed by atoms with van der Waals surface area (Å²) in [5.41, 5.74) is 11.4. The van der Waals surface area contributed by atoms with Gasteiger partial charge in [-0.25, -0.2) is 9.18 Å². The number of hydrogen-bond acceptors (Lipinski definition) is 5. The van der Waals surface area contributed by atoms with Gasteiger partial charge in [0.1, 0.15) is 5.56 Å². The van der Waals surface area contributed by atoms with E-state index in [0.717, 1.165) is 19.3 Å². The average molecular weight is 374 g/mol. The summed E-state index contributed by atoms with van der Waals surface area (Å²) >= 11 is 0. The number of nitrogens with two attached hydrogens (primary N) is 2. The zero-order valence-electron chi connectivity index (χ0n) is 15.1. The zero-order chi connectivity index (χ0) is 19.5. The monoisotopic (exact) mass is 374 g/mol. The first kappa shape index (κ1) is 17.8. The minimum atomic E-state index is -1.33. The Kier molecular flexibility index (Phi) is 4.10. The lowest BCUT2D eigenvalue weighted by molar-refractivity contribution is 0.0695. The van der Waals surface area contributed by atoms with Gasteiger partial charge in [0.25, 0.3) is 0 Å². The Morgan fingerprint density at radius 1 is 1.37 bits per heavy atom. The number of hydrogen-bond donors (Lipinski definition) is 3. The molecular weight excluding hydrogens is 351 g/mol. The number of aromatic carboxylic acids is 1. The highest BCUT2D eigenvalue weighted by molar-refractivity contribution is 5.99. The topological polar surface area (TPSA) is 115 Å². The third kappa shape index (κ3) is 2.84. The summed E-state index contributed by atoms with van der Waals surface area (Å²) in [6, 6.07) is 1.76. The van der Waals surface area contributed by atoms with Crippen LogP contribution in [-0.2, 0) is 0 Å². The van der Waals surface area contributed by atoms with Gasteiger partial charge in [0.15, 0.2) is 5.82 Å². The summed E-state index contributed by atoms with van der Waals surface area (Å²) in [7, 11) is 0. The second kappa shape index (κ2) is 6.23. The zero-order valence-corrected chi connectivity index (χ0v) is 15.1. The first-order valence-electron chi connectivity index (χ1n) is 9.20. The molecule has 2 fully saturated rings. The van der Waals surface area contributed by atoms with Crippen LogP contribution >= 0.6 is 0 Å². The largest absolute Gasteiger partial charge is 0.477 e. The molecule has 1 saturated heterocycles. The van der Waals surface area contributed by atoms with Crippen molar-refractivity contribution in [2.75, 3.05) is 23.7 Å². The normalized spacial score (nSPS) is 21.0. The molecule has 0 amide bonds. The number of rotatable bonds is 4. The van der Waals surface area contributed by atoms with Crippen molar-refractivity contribution >= 4 is 28.2 Å². The molecule has 4 rings (SSSR count). The standard InChI is InChI=1S/C19H23FN4O3/c1-9(21)10-4-5-23(7-10)14-6-13-15(17(22)16(14)20)18(25)12(19(26)27)8-24(13)11-2-3-11/h6,8-11H,2-5,7,21-22H2,1H3,(H,26,27)/t9-,10+/m1/s1. The van der Waals surface area contributed by atoms with Crippen LogP contribution in [0.4, 0.5) is 15.8 Å². The third-order valence-electron chi connectivity index (χ3n) is 5.76. The number of pyridine rings is 1. The van der Waals surface area contributed by atoms with Crippen LogP contribution < -0.4 is 21.8 Å². The van der Waals surface area contributed by atoms with Gasteiger partial charge in [-0.15, -0.1) is 0 Å². The van der Waals surface area contributed by atoms with Crippen LogP contribution in [0.25, 0.3) is 10.9 Å². The van der Waals surface area contributed by atoms with Crippen LogP contribution in [0.1, 0.15) is 42.6 Å². The van der Waals surface area contributed by atoms with Crippen molar-refractivity contribution in [1.29, 1.82) is 0 Å². The SMILES string of the molecule is C[C@@H](N)[C@H]1CCN(c2cc3c(c(N)c2F)c(=O)c(C(=O)O)cn3C2CC2)C1. The summed E-state index contributed by atoms with van der Waals surface area (Å²) in [4.78, 5) is 26.0. The lowest BCUT2D eigenvalue weighted by Crippen LogP contribution is -2.30. The molecular formula is C19H23FN4O3. The summed E-state index contributed by atoms with van der Waals surface area (Å²) in [5, 5.41) is 9.30. The van der Waals surface area contributed by atoms with Gasteiger partial charge >= 0.3 is 5.97 Å². The second-order valence-corrected chi connectivity index (χ2v) is 7.69. The van der Waals surface area contributed by atoms with E-state index in [1.165, 1.54) is 6.20 Å². The molecule has 8 heteroatoms. The van der Waals surface area contributed by atoms with E-state index < -0.39 is 17.2 Å². The van der Waals surface area contributed by atoms with Gasteiger partial charge in [-0.2, -0.15) is 0 Å². The lowest BCUT2D eigenvalue weighted by atomic mass is 10.0. The number of carboxylic acids is 1. The van der Waals surface area contributed by atoms with E-state index in [9.17, 15) is 14.7 Å². The van der Waals surface area contributed by atoms with Gasteiger partial charge in [0.2, 0.25) is 5.43 Å². The van der Waals surface area contributed by atoms with Crippen molar-refractivity contribution in [1.82, 2.24) is 4.57 Å². The molecule has 2 heterocycles. The molecule has 1 aliphatic heterocycles. The maximum absolute atomic E-state index is 15.1. The van der Waals surface area contributed by atoms with E-state index in [4.69, 9.17) is 11.5 Å². The Morgan fingerprint density at radius 2 is 2.07 bits per heavy atom. The van der Waals surface area contributed by atoms with Gasteiger partial charge < -0.3 is 26.0 Å². The number of nitrogen functional groups attached to an aromatic ring is 1. The van der Waals surface area contributed by atoms with E-state index in [0.29, 0.717) is 24.3 Å². The molecule has 7 nitrogen and oxygen atoms in total. The molecule has 1 aliphatic carbocycles. The molecule has 2 aromatic rings. The van der Waals surface area contributed by atoms with E-state index in [-0.39, 0.29) is 34.6 Å². The van der Waals surface area contributed by atoms with Crippen LogP contribution in [0.5, 0.6) is 0 Å². The third-order valence-corrected chi connectivity index (χ3v) is 5.76. The predicted octanol–water partition coefficient (Wildman–Crippen LogP) is 1.93. The number of anilines is 2. The van der Waals surface area contributed by atoms with Crippen molar-refractivity contribution in [2.45, 2.75) is 38.3 Å². The number of nitrogens with zero attached hydrogens (tertiary/aromatic N) is 2. The van der Waals surface area contributed by atoms with Crippen LogP contribution in [0.3, 0.4) is 0 Å². The van der Waals surface area contributed by atoms with Crippen LogP contribution in [0, 0.1) is 11.7 Å². The molecule has 1 aromatic carbocycles. The summed E-state index contributed by atoms with van der Waals surface area (Å²) in [6.07, 6.45) is 4.00. The number of carbonyl (C=O) groups is 1. The van der Waals surface area contributed by atoms with Crippen molar-refractivity contribution in [3.63, 3.8) is 0 Å². The highest BCUT2D eigenvalue weighted by atomic mass is 19.1. The van der Waals surface area contributed by atoms with E-state index in [1.54, 1.807) is 10.6 Å². The van der Waals surface area contributed by atoms with Crippen LogP contribution in [-0.4, -0.2) is 34.8 Å². The van der Waals surface area contributed by atoms with Crippen LogP contribution in [0.15, 0.2) is 17.1 Å². The number of fused-ring (bicyclic) bond motifs is 1. The van der Waals surface area contributed by atoms with Gasteiger partial charge in [0, 0.05) is 31.4 Å². The molecule has 0 radical (unpaired) electrons. The quantitative estimate of drug-likeness (QED) is 0.705. The Morgan fingerprint density at radius 3 is 2.63 bits per heavy atom. The molecule has 1 saturated carbocycles. The molecule has 27 heavy (non-hydrogen) atoms. The molecule has 1 aromatic heterocycles. The molecule has 144 valence electrons. The van der Waals surface area contributed by atoms with Gasteiger partial charge in [-0.05, 0) is 38.2 Å². The molecule has 2 atom stereocenters. The van der Waals surface area contributed by atoms with E-state index in [1.807, 2.05) is 11.8 Å². The van der Waals surface area contributed by atoms with Crippen molar-refractivity contribution in [2.24, 2.45) is 11.7 Å². The lowest BCUT2D eigenvalue weighted by Gasteiger charge is -2.23. The average Bonchev–Trinajstić information content (AvgIpc) is 3.33. The number of aromatic nitrogens is 1. The maximum atomic E-state index is 15.1. The van der Waals surface area contributed by atoms with Crippen LogP contribution in [0.2, 0.25) is 0 Å². The number of carboxylic acid groups (broad SMARTS) is 1. The smallest absolute Gasteiger partial charge is 0.341 e. The molecule has 2 aliphatic rings. The Bertz CT molecular complexity index is 997. The maximum Gasteiger partial charge on any atom is 0.341 e. The Balaban J connectivity index is 1.93. The fourth-order valence-corrected chi connectivity index (χ4v) is 3.97. The summed E-state index contributed by atoms with van der Waals surface area (Å²) in [5.74, 6) is -1.74. The van der Waals surface area contributed by atoms with Crippen molar-refractivity contribution < 1.29 is 14.3 Å². The Labute approximate surface area is 155 Å². The van der Waals surface area contributed by atoms with Gasteiger partial charge in [-0.3, -0.25) is 4.79 Å². The molecule has 0 spiro atoms. The second-order valence-electron chi connectivity index (χ2n) is 7.69. The first-order valence-corrected chi connectivity index (χ1v) is 9.20. The first-order chi connectivity index (χ1) is 12.8. The van der Waals surface area contributed by atoms with E-state index >= 15 is 4.39 Å².